The van der Waals surface area contributed by atoms with E-state index in [0.29, 0.717) is 11.3 Å². The van der Waals surface area contributed by atoms with Crippen molar-refractivity contribution in [3.8, 4) is 0 Å². The molecule has 2 atom stereocenters. The Morgan fingerprint density at radius 3 is 2.27 bits per heavy atom. The Morgan fingerprint density at radius 2 is 1.77 bits per heavy atom. The highest BCUT2D eigenvalue weighted by Crippen LogP contribution is 2.47. The Morgan fingerprint density at radius 1 is 1.19 bits per heavy atom. The summed E-state index contributed by atoms with van der Waals surface area (Å²) < 4.78 is 5.55. The summed E-state index contributed by atoms with van der Waals surface area (Å²) >= 11 is 0. The van der Waals surface area contributed by atoms with Gasteiger partial charge in [-0.2, -0.15) is 0 Å². The number of hydrogen-bond acceptors (Lipinski definition) is 8. The molecule has 9 nitrogen and oxygen atoms in total. The van der Waals surface area contributed by atoms with Crippen LogP contribution in [0.4, 0.5) is 5.69 Å². The third-order valence-corrected chi connectivity index (χ3v) is 4.28. The number of nitrogens with zero attached hydrogens (tertiary/aromatic N) is 2. The van der Waals surface area contributed by atoms with Crippen LogP contribution in [0.5, 0.6) is 0 Å². The molecule has 1 N–H and O–H groups in total. The summed E-state index contributed by atoms with van der Waals surface area (Å²) in [5.74, 6) is -4.68. The van der Waals surface area contributed by atoms with Crippen LogP contribution in [0.25, 0.3) is 0 Å². The monoisotopic (exact) mass is 360 g/mol. The van der Waals surface area contributed by atoms with E-state index < -0.39 is 28.1 Å². The van der Waals surface area contributed by atoms with Gasteiger partial charge in [0, 0.05) is 17.7 Å². The molecule has 3 rings (SSSR count). The van der Waals surface area contributed by atoms with Gasteiger partial charge in [-0.15, -0.1) is 0 Å². The van der Waals surface area contributed by atoms with Gasteiger partial charge in [0.1, 0.15) is 0 Å². The van der Waals surface area contributed by atoms with Crippen molar-refractivity contribution in [2.45, 2.75) is 38.8 Å². The summed E-state index contributed by atoms with van der Waals surface area (Å²) in [4.78, 5) is 39.7. The van der Waals surface area contributed by atoms with E-state index in [0.717, 1.165) is 0 Å². The Hall–Kier alpha value is -2.91. The van der Waals surface area contributed by atoms with Crippen molar-refractivity contribution in [1.82, 2.24) is 0 Å². The standard InChI is InChI=1S/C17H16N2O7/c1-9(20)14-15(10(2)21)17(25-16(14,3)22)8-13(18-26-17)11-4-6-12(7-5-11)19(23)24/h4-7,22H,8H2,1-3H3/t16-,17-/m0/s1. The summed E-state index contributed by atoms with van der Waals surface area (Å²) in [6, 6.07) is 5.62. The third-order valence-electron chi connectivity index (χ3n) is 4.28. The molecule has 0 aromatic heterocycles. The fourth-order valence-corrected chi connectivity index (χ4v) is 3.33. The first-order valence-corrected chi connectivity index (χ1v) is 7.77. The molecule has 1 aromatic carbocycles. The normalized spacial score (nSPS) is 27.5. The average Bonchev–Trinajstić information content (AvgIpc) is 3.05. The highest BCUT2D eigenvalue weighted by molar-refractivity contribution is 6.10. The molecular weight excluding hydrogens is 344 g/mol. The van der Waals surface area contributed by atoms with Crippen LogP contribution in [-0.4, -0.2) is 38.9 Å². The number of rotatable bonds is 4. The molecule has 2 aliphatic heterocycles. The van der Waals surface area contributed by atoms with Crippen molar-refractivity contribution in [2.24, 2.45) is 5.16 Å². The van der Waals surface area contributed by atoms with Gasteiger partial charge in [0.2, 0.25) is 0 Å². The zero-order valence-electron chi connectivity index (χ0n) is 14.3. The van der Waals surface area contributed by atoms with Crippen molar-refractivity contribution in [1.29, 1.82) is 0 Å². The van der Waals surface area contributed by atoms with Gasteiger partial charge < -0.3 is 9.94 Å². The smallest absolute Gasteiger partial charge is 0.275 e. The summed E-state index contributed by atoms with van der Waals surface area (Å²) in [5, 5.41) is 25.1. The third kappa shape index (κ3) is 2.71. The second-order valence-corrected chi connectivity index (χ2v) is 6.31. The number of oxime groups is 1. The van der Waals surface area contributed by atoms with Crippen LogP contribution in [0.2, 0.25) is 0 Å². The first-order chi connectivity index (χ1) is 12.1. The quantitative estimate of drug-likeness (QED) is 0.638. The van der Waals surface area contributed by atoms with Gasteiger partial charge in [-0.3, -0.25) is 24.4 Å². The number of benzene rings is 1. The number of Topliss-reactive ketones (excluding diaryl/α,β-unsaturated/α-hetero) is 2. The number of carbonyl (C=O) groups excluding carboxylic acids is 2. The highest BCUT2D eigenvalue weighted by atomic mass is 16.8. The Bertz CT molecular complexity index is 883. The van der Waals surface area contributed by atoms with Crippen LogP contribution >= 0.6 is 0 Å². The maximum atomic E-state index is 12.2. The molecule has 0 radical (unpaired) electrons. The largest absolute Gasteiger partial charge is 0.362 e. The zero-order valence-corrected chi connectivity index (χ0v) is 14.3. The predicted octanol–water partition coefficient (Wildman–Crippen LogP) is 1.63. The van der Waals surface area contributed by atoms with E-state index in [2.05, 4.69) is 5.16 Å². The van der Waals surface area contributed by atoms with Crippen molar-refractivity contribution < 1.29 is 29.2 Å². The lowest BCUT2D eigenvalue weighted by molar-refractivity contribution is -0.384. The van der Waals surface area contributed by atoms with Crippen LogP contribution < -0.4 is 0 Å². The molecule has 26 heavy (non-hydrogen) atoms. The van der Waals surface area contributed by atoms with Crippen molar-refractivity contribution in [3.63, 3.8) is 0 Å². The second-order valence-electron chi connectivity index (χ2n) is 6.31. The van der Waals surface area contributed by atoms with Crippen LogP contribution in [0, 0.1) is 10.1 Å². The molecule has 0 saturated heterocycles. The molecule has 0 saturated carbocycles. The van der Waals surface area contributed by atoms with Gasteiger partial charge in [-0.25, -0.2) is 0 Å². The van der Waals surface area contributed by atoms with E-state index in [4.69, 9.17) is 9.57 Å². The molecule has 0 amide bonds. The van der Waals surface area contributed by atoms with Crippen molar-refractivity contribution in [2.75, 3.05) is 0 Å². The van der Waals surface area contributed by atoms with Crippen LogP contribution in [0.3, 0.4) is 0 Å². The number of carbonyl (C=O) groups is 2. The molecule has 0 fully saturated rings. The molecule has 1 aromatic rings. The molecule has 2 aliphatic rings. The van der Waals surface area contributed by atoms with Gasteiger partial charge >= 0.3 is 0 Å². The van der Waals surface area contributed by atoms with E-state index in [1.807, 2.05) is 0 Å². The van der Waals surface area contributed by atoms with Gasteiger partial charge in [-0.05, 0) is 32.9 Å². The van der Waals surface area contributed by atoms with Gasteiger partial charge in [0.05, 0.1) is 28.2 Å². The maximum Gasteiger partial charge on any atom is 0.275 e. The summed E-state index contributed by atoms with van der Waals surface area (Å²) in [6.45, 7) is 3.73. The molecule has 9 heteroatoms. The lowest BCUT2D eigenvalue weighted by atomic mass is 9.90. The lowest BCUT2D eigenvalue weighted by Crippen LogP contribution is -2.39. The summed E-state index contributed by atoms with van der Waals surface area (Å²) in [7, 11) is 0. The number of non-ortho nitro benzene ring substituents is 1. The van der Waals surface area contributed by atoms with Crippen LogP contribution in [-0.2, 0) is 19.2 Å². The second kappa shape index (κ2) is 5.82. The minimum absolute atomic E-state index is 0.0351. The SMILES string of the molecule is CC(=O)C1=C(C(C)=O)[C@@](C)(O)O[C@]12CC(c1ccc([N+](=O)[O-])cc1)=NO2. The number of ketones is 2. The minimum atomic E-state index is -1.99. The molecule has 0 bridgehead atoms. The molecule has 136 valence electrons. The van der Waals surface area contributed by atoms with Gasteiger partial charge in [0.15, 0.2) is 17.4 Å². The minimum Gasteiger partial charge on any atom is -0.362 e. The predicted molar refractivity (Wildman–Crippen MR) is 88.2 cm³/mol. The molecule has 0 unspecified atom stereocenters. The Labute approximate surface area is 148 Å². The fourth-order valence-electron chi connectivity index (χ4n) is 3.33. The van der Waals surface area contributed by atoms with Crippen LogP contribution in [0.1, 0.15) is 32.8 Å². The van der Waals surface area contributed by atoms with Gasteiger partial charge in [0.25, 0.3) is 11.5 Å². The number of ether oxygens (including phenoxy) is 1. The van der Waals surface area contributed by atoms with Crippen molar-refractivity contribution >= 4 is 23.0 Å². The van der Waals surface area contributed by atoms with Gasteiger partial charge in [-0.1, -0.05) is 5.16 Å². The molecule has 1 spiro atoms. The summed E-state index contributed by atoms with van der Waals surface area (Å²) in [5.41, 5.74) is 0.598. The van der Waals surface area contributed by atoms with E-state index in [1.165, 1.54) is 45.0 Å². The molecule has 2 heterocycles. The molecule has 0 aliphatic carbocycles. The summed E-state index contributed by atoms with van der Waals surface area (Å²) in [6.07, 6.45) is -0.0351. The zero-order chi connectivity index (χ0) is 19.3. The highest BCUT2D eigenvalue weighted by Gasteiger charge is 2.60. The lowest BCUT2D eigenvalue weighted by Gasteiger charge is -2.26. The maximum absolute atomic E-state index is 12.2. The Kier molecular flexibility index (Phi) is 4.01. The first kappa shape index (κ1) is 17.9. The topological polar surface area (TPSA) is 128 Å². The number of aliphatic hydroxyl groups is 1. The van der Waals surface area contributed by atoms with E-state index in [1.54, 1.807) is 0 Å². The number of hydrogen-bond donors (Lipinski definition) is 1. The van der Waals surface area contributed by atoms with Crippen molar-refractivity contribution in [3.05, 3.63) is 51.1 Å². The fraction of sp³-hybridized carbons (Fsp3) is 0.353. The molecular formula is C17H16N2O7. The first-order valence-electron chi connectivity index (χ1n) is 7.77. The average molecular weight is 360 g/mol. The van der Waals surface area contributed by atoms with E-state index >= 15 is 0 Å². The van der Waals surface area contributed by atoms with E-state index in [9.17, 15) is 24.8 Å². The number of nitro groups is 1. The van der Waals surface area contributed by atoms with Crippen LogP contribution in [0.15, 0.2) is 40.6 Å². The Balaban J connectivity index is 1.98. The number of nitro benzene ring substituents is 1. The van der Waals surface area contributed by atoms with E-state index in [-0.39, 0.29) is 23.3 Å².